The second kappa shape index (κ2) is 11.4. The number of primary amides is 1. The molecule has 0 unspecified atom stereocenters. The highest BCUT2D eigenvalue weighted by atomic mass is 19.4. The SMILES string of the molecule is NC(=O)[C@@H](c1ccccc1)[C@@H](CCC(F)(F)F)C(=O)N[C@H]1N=C(c2ccccc2)c2cccc3c2N(CCO3)C1=O. The number of ether oxygens (including phenoxy) is 1. The zero-order valence-corrected chi connectivity index (χ0v) is 21.8. The molecule has 0 saturated carbocycles. The van der Waals surface area contributed by atoms with Crippen molar-refractivity contribution in [2.24, 2.45) is 16.6 Å². The van der Waals surface area contributed by atoms with Gasteiger partial charge in [-0.2, -0.15) is 13.2 Å². The van der Waals surface area contributed by atoms with E-state index in [1.165, 1.54) is 17.0 Å². The zero-order valence-electron chi connectivity index (χ0n) is 21.8. The fourth-order valence-electron chi connectivity index (χ4n) is 5.27. The number of carbonyl (C=O) groups excluding carboxylic acids is 3. The van der Waals surface area contributed by atoms with Gasteiger partial charge in [-0.3, -0.25) is 14.4 Å². The van der Waals surface area contributed by atoms with E-state index in [9.17, 15) is 27.6 Å². The Kier molecular flexibility index (Phi) is 7.78. The van der Waals surface area contributed by atoms with E-state index in [0.717, 1.165) is 0 Å². The summed E-state index contributed by atoms with van der Waals surface area (Å²) in [5, 5.41) is 2.56. The topological polar surface area (TPSA) is 114 Å². The number of nitrogens with zero attached hydrogens (tertiary/aromatic N) is 2. The van der Waals surface area contributed by atoms with Crippen LogP contribution in [-0.4, -0.2) is 48.9 Å². The number of nitrogens with two attached hydrogens (primary N) is 1. The summed E-state index contributed by atoms with van der Waals surface area (Å²) in [4.78, 5) is 46.2. The molecule has 3 aromatic carbocycles. The van der Waals surface area contributed by atoms with Gasteiger partial charge in [-0.15, -0.1) is 0 Å². The molecule has 3 N–H and O–H groups in total. The molecule has 3 atom stereocenters. The summed E-state index contributed by atoms with van der Waals surface area (Å²) in [6.45, 7) is 0.383. The minimum absolute atomic E-state index is 0.179. The highest BCUT2D eigenvalue weighted by Crippen LogP contribution is 2.39. The van der Waals surface area contributed by atoms with Gasteiger partial charge in [0.25, 0.3) is 5.91 Å². The van der Waals surface area contributed by atoms with Gasteiger partial charge in [0, 0.05) is 17.5 Å². The fourth-order valence-corrected chi connectivity index (χ4v) is 5.27. The molecule has 0 radical (unpaired) electrons. The maximum absolute atomic E-state index is 13.8. The van der Waals surface area contributed by atoms with Crippen LogP contribution in [0.25, 0.3) is 0 Å². The van der Waals surface area contributed by atoms with Crippen LogP contribution < -0.4 is 20.7 Å². The smallest absolute Gasteiger partial charge is 0.389 e. The molecule has 3 amide bonds. The monoisotopic (exact) mass is 564 g/mol. The number of alkyl halides is 3. The molecule has 0 saturated heterocycles. The van der Waals surface area contributed by atoms with E-state index in [0.29, 0.717) is 33.8 Å². The van der Waals surface area contributed by atoms with Crippen LogP contribution in [0.3, 0.4) is 0 Å². The molecule has 0 aliphatic carbocycles. The van der Waals surface area contributed by atoms with Gasteiger partial charge in [-0.05, 0) is 18.1 Å². The molecular formula is C30H27F3N4O4. The predicted octanol–water partition coefficient (Wildman–Crippen LogP) is 3.93. The number of amides is 3. The van der Waals surface area contributed by atoms with Gasteiger partial charge in [0.2, 0.25) is 18.0 Å². The number of hydrogen-bond donors (Lipinski definition) is 2. The molecule has 0 spiro atoms. The minimum Gasteiger partial charge on any atom is -0.490 e. The molecule has 2 aliphatic rings. The van der Waals surface area contributed by atoms with Crippen molar-refractivity contribution in [2.45, 2.75) is 31.1 Å². The fraction of sp³-hybridized carbons (Fsp3) is 0.267. The lowest BCUT2D eigenvalue weighted by Gasteiger charge is -2.31. The van der Waals surface area contributed by atoms with E-state index in [2.05, 4.69) is 10.3 Å². The Bertz CT molecular complexity index is 1480. The highest BCUT2D eigenvalue weighted by molar-refractivity contribution is 6.21. The maximum atomic E-state index is 13.8. The number of para-hydroxylation sites is 1. The molecule has 0 aromatic heterocycles. The predicted molar refractivity (Wildman–Crippen MR) is 145 cm³/mol. The average molecular weight is 565 g/mol. The largest absolute Gasteiger partial charge is 0.490 e. The summed E-state index contributed by atoms with van der Waals surface area (Å²) in [6, 6.07) is 22.2. The van der Waals surface area contributed by atoms with Crippen LogP contribution in [0.5, 0.6) is 5.75 Å². The van der Waals surface area contributed by atoms with Crippen molar-refractivity contribution in [1.29, 1.82) is 0 Å². The molecule has 2 heterocycles. The molecule has 5 rings (SSSR count). The van der Waals surface area contributed by atoms with Gasteiger partial charge >= 0.3 is 6.18 Å². The summed E-state index contributed by atoms with van der Waals surface area (Å²) >= 11 is 0. The Labute approximate surface area is 234 Å². The number of aliphatic imine (C=N–C) groups is 1. The third-order valence-electron chi connectivity index (χ3n) is 7.12. The second-order valence-electron chi connectivity index (χ2n) is 9.80. The lowest BCUT2D eigenvalue weighted by Crippen LogP contribution is -2.51. The summed E-state index contributed by atoms with van der Waals surface area (Å²) in [7, 11) is 0. The molecule has 212 valence electrons. The van der Waals surface area contributed by atoms with Crippen molar-refractivity contribution < 1.29 is 32.3 Å². The van der Waals surface area contributed by atoms with Crippen molar-refractivity contribution >= 4 is 29.1 Å². The molecular weight excluding hydrogens is 537 g/mol. The van der Waals surface area contributed by atoms with Crippen molar-refractivity contribution in [3.63, 3.8) is 0 Å². The number of halogens is 3. The molecule has 3 aromatic rings. The second-order valence-corrected chi connectivity index (χ2v) is 9.80. The summed E-state index contributed by atoms with van der Waals surface area (Å²) < 4.78 is 45.7. The molecule has 2 aliphatic heterocycles. The Balaban J connectivity index is 1.56. The third-order valence-corrected chi connectivity index (χ3v) is 7.12. The standard InChI is InChI=1S/C30H27F3N4O4/c31-30(32,33)15-14-20(23(26(34)38)18-8-3-1-4-9-18)28(39)36-27-29(40)37-16-17-41-22-13-7-12-21(25(22)37)24(35-27)19-10-5-2-6-11-19/h1-13,20,23,27H,14-17H2,(H2,34,38)(H,36,39)/t20-,23+,27-/m1/s1. The van der Waals surface area contributed by atoms with E-state index >= 15 is 0 Å². The molecule has 41 heavy (non-hydrogen) atoms. The van der Waals surface area contributed by atoms with Gasteiger partial charge in [-0.1, -0.05) is 72.8 Å². The zero-order chi connectivity index (χ0) is 29.1. The van der Waals surface area contributed by atoms with Crippen LogP contribution in [0.1, 0.15) is 35.4 Å². The molecule has 8 nitrogen and oxygen atoms in total. The van der Waals surface area contributed by atoms with Crippen LogP contribution in [0.15, 0.2) is 83.9 Å². The van der Waals surface area contributed by atoms with Crippen LogP contribution in [0, 0.1) is 5.92 Å². The Morgan fingerprint density at radius 1 is 1.02 bits per heavy atom. The first kappa shape index (κ1) is 27.9. The summed E-state index contributed by atoms with van der Waals surface area (Å²) in [5.41, 5.74) is 8.10. The van der Waals surface area contributed by atoms with E-state index < -0.39 is 54.7 Å². The molecule has 0 fully saturated rings. The first-order chi connectivity index (χ1) is 19.6. The Morgan fingerprint density at radius 3 is 2.37 bits per heavy atom. The minimum atomic E-state index is -4.58. The maximum Gasteiger partial charge on any atom is 0.389 e. The number of benzene rings is 3. The normalized spacial score (nSPS) is 17.8. The summed E-state index contributed by atoms with van der Waals surface area (Å²) in [6.07, 6.45) is -8.10. The number of anilines is 1. The number of nitrogens with one attached hydrogen (secondary N) is 1. The lowest BCUT2D eigenvalue weighted by atomic mass is 9.81. The highest BCUT2D eigenvalue weighted by Gasteiger charge is 2.41. The summed E-state index contributed by atoms with van der Waals surface area (Å²) in [5.74, 6) is -4.86. The van der Waals surface area contributed by atoms with Crippen LogP contribution in [0.4, 0.5) is 18.9 Å². The number of rotatable bonds is 8. The van der Waals surface area contributed by atoms with Crippen LogP contribution in [0.2, 0.25) is 0 Å². The van der Waals surface area contributed by atoms with Gasteiger partial charge in [0.15, 0.2) is 0 Å². The Hall–Kier alpha value is -4.67. The molecule has 0 bridgehead atoms. The van der Waals surface area contributed by atoms with Crippen molar-refractivity contribution in [2.75, 3.05) is 18.1 Å². The number of carbonyl (C=O) groups is 3. The van der Waals surface area contributed by atoms with Crippen LogP contribution >= 0.6 is 0 Å². The third kappa shape index (κ3) is 5.93. The van der Waals surface area contributed by atoms with Crippen molar-refractivity contribution in [1.82, 2.24) is 5.32 Å². The average Bonchev–Trinajstić information content (AvgIpc) is 3.07. The van der Waals surface area contributed by atoms with Crippen molar-refractivity contribution in [3.05, 3.63) is 95.6 Å². The Morgan fingerprint density at radius 2 is 1.71 bits per heavy atom. The first-order valence-electron chi connectivity index (χ1n) is 13.1. The molecule has 11 heteroatoms. The van der Waals surface area contributed by atoms with E-state index in [-0.39, 0.29) is 13.2 Å². The van der Waals surface area contributed by atoms with Gasteiger partial charge in [0.1, 0.15) is 12.4 Å². The van der Waals surface area contributed by atoms with Crippen molar-refractivity contribution in [3.8, 4) is 5.75 Å². The first-order valence-corrected chi connectivity index (χ1v) is 13.1. The van der Waals surface area contributed by atoms with Gasteiger partial charge < -0.3 is 20.7 Å². The van der Waals surface area contributed by atoms with E-state index in [4.69, 9.17) is 10.5 Å². The van der Waals surface area contributed by atoms with Crippen LogP contribution in [-0.2, 0) is 14.4 Å². The van der Waals surface area contributed by atoms with Gasteiger partial charge in [0.05, 0.1) is 29.8 Å². The quantitative estimate of drug-likeness (QED) is 0.432. The number of hydrogen-bond acceptors (Lipinski definition) is 5. The van der Waals surface area contributed by atoms with E-state index in [1.807, 2.05) is 6.07 Å². The van der Waals surface area contributed by atoms with E-state index in [1.54, 1.807) is 60.7 Å². The van der Waals surface area contributed by atoms with Gasteiger partial charge in [-0.25, -0.2) is 4.99 Å². The lowest BCUT2D eigenvalue weighted by molar-refractivity contribution is -0.144.